The van der Waals surface area contributed by atoms with E-state index in [-0.39, 0.29) is 17.8 Å². The largest absolute Gasteiger partial charge is 0.491 e. The number of nitrogens with one attached hydrogen (secondary N) is 1. The zero-order valence-electron chi connectivity index (χ0n) is 10.5. The second-order valence-corrected chi connectivity index (χ2v) is 4.38. The molecule has 0 aromatic carbocycles. The van der Waals surface area contributed by atoms with Gasteiger partial charge in [0.2, 0.25) is 0 Å². The molecule has 1 saturated heterocycles. The third-order valence-electron chi connectivity index (χ3n) is 3.24. The zero-order chi connectivity index (χ0) is 12.8. The van der Waals surface area contributed by atoms with Crippen LogP contribution in [-0.4, -0.2) is 37.8 Å². The molecule has 1 fully saturated rings. The van der Waals surface area contributed by atoms with Gasteiger partial charge in [-0.05, 0) is 37.6 Å². The summed E-state index contributed by atoms with van der Waals surface area (Å²) in [4.78, 5) is 15.7. The lowest BCUT2D eigenvalue weighted by Gasteiger charge is -2.20. The number of ether oxygens (including phenoxy) is 2. The van der Waals surface area contributed by atoms with Crippen molar-refractivity contribution in [2.45, 2.75) is 6.42 Å². The summed E-state index contributed by atoms with van der Waals surface area (Å²) >= 11 is 0. The topological polar surface area (TPSA) is 60.5 Å². The summed E-state index contributed by atoms with van der Waals surface area (Å²) in [6, 6.07) is 3.63. The van der Waals surface area contributed by atoms with E-state index in [4.69, 9.17) is 9.47 Å². The Labute approximate surface area is 107 Å². The molecule has 0 amide bonds. The molecule has 2 unspecified atom stereocenters. The van der Waals surface area contributed by atoms with Crippen molar-refractivity contribution in [1.82, 2.24) is 10.3 Å². The molecule has 5 nitrogen and oxygen atoms in total. The smallest absolute Gasteiger partial charge is 0.312 e. The molecule has 1 aromatic heterocycles. The van der Waals surface area contributed by atoms with Crippen LogP contribution in [0.5, 0.6) is 5.75 Å². The number of esters is 1. The van der Waals surface area contributed by atoms with E-state index >= 15 is 0 Å². The molecule has 1 N–H and O–H groups in total. The van der Waals surface area contributed by atoms with Crippen LogP contribution in [0, 0.1) is 11.8 Å². The molecule has 2 heterocycles. The second-order valence-electron chi connectivity index (χ2n) is 4.38. The summed E-state index contributed by atoms with van der Waals surface area (Å²) in [7, 11) is 1.42. The van der Waals surface area contributed by atoms with Gasteiger partial charge in [0.05, 0.1) is 19.2 Å². The lowest BCUT2D eigenvalue weighted by atomic mass is 9.92. The van der Waals surface area contributed by atoms with Gasteiger partial charge in [-0.1, -0.05) is 0 Å². The third kappa shape index (κ3) is 3.20. The van der Waals surface area contributed by atoms with Crippen molar-refractivity contribution in [1.29, 1.82) is 0 Å². The molecule has 1 aromatic rings. The molecule has 2 atom stereocenters. The number of hydrogen-bond acceptors (Lipinski definition) is 5. The minimum atomic E-state index is -0.217. The van der Waals surface area contributed by atoms with Crippen molar-refractivity contribution in [2.24, 2.45) is 11.8 Å². The third-order valence-corrected chi connectivity index (χ3v) is 3.24. The maximum atomic E-state index is 11.8. The van der Waals surface area contributed by atoms with Gasteiger partial charge in [-0.3, -0.25) is 9.78 Å². The summed E-state index contributed by atoms with van der Waals surface area (Å²) in [5.74, 6) is 0.546. The molecule has 0 saturated carbocycles. The molecule has 98 valence electrons. The molecule has 0 aliphatic carbocycles. The molecule has 1 aliphatic heterocycles. The Balaban J connectivity index is 1.94. The van der Waals surface area contributed by atoms with E-state index in [1.165, 1.54) is 7.11 Å². The van der Waals surface area contributed by atoms with Gasteiger partial charge in [-0.2, -0.15) is 0 Å². The molecule has 5 heteroatoms. The second kappa shape index (κ2) is 6.35. The van der Waals surface area contributed by atoms with E-state index in [1.54, 1.807) is 18.5 Å². The maximum Gasteiger partial charge on any atom is 0.312 e. The highest BCUT2D eigenvalue weighted by Crippen LogP contribution is 2.21. The first-order chi connectivity index (χ1) is 8.81. The predicted molar refractivity (Wildman–Crippen MR) is 66.2 cm³/mol. The predicted octanol–water partition coefficient (Wildman–Crippen LogP) is 0.859. The average Bonchev–Trinajstić information content (AvgIpc) is 2.94. The summed E-state index contributed by atoms with van der Waals surface area (Å²) in [6.07, 6.45) is 4.31. The first kappa shape index (κ1) is 12.8. The Bertz CT molecular complexity index is 377. The number of rotatable bonds is 5. The first-order valence-corrected chi connectivity index (χ1v) is 6.12. The fourth-order valence-corrected chi connectivity index (χ4v) is 2.19. The van der Waals surface area contributed by atoms with Crippen LogP contribution in [-0.2, 0) is 9.53 Å². The van der Waals surface area contributed by atoms with Crippen molar-refractivity contribution in [2.75, 3.05) is 26.8 Å². The molecule has 1 aliphatic rings. The number of pyridine rings is 1. The summed E-state index contributed by atoms with van der Waals surface area (Å²) in [6.45, 7) is 2.13. The molecule has 18 heavy (non-hydrogen) atoms. The van der Waals surface area contributed by atoms with Gasteiger partial charge in [-0.25, -0.2) is 0 Å². The van der Waals surface area contributed by atoms with Gasteiger partial charge in [0.1, 0.15) is 12.4 Å². The van der Waals surface area contributed by atoms with Gasteiger partial charge in [0.15, 0.2) is 0 Å². The number of carbonyl (C=O) groups is 1. The van der Waals surface area contributed by atoms with E-state index in [9.17, 15) is 4.79 Å². The van der Waals surface area contributed by atoms with Gasteiger partial charge in [0, 0.05) is 6.20 Å². The highest BCUT2D eigenvalue weighted by atomic mass is 16.5. The van der Waals surface area contributed by atoms with E-state index in [0.29, 0.717) is 12.4 Å². The van der Waals surface area contributed by atoms with E-state index in [2.05, 4.69) is 10.3 Å². The normalized spacial score (nSPS) is 20.4. The zero-order valence-corrected chi connectivity index (χ0v) is 10.5. The van der Waals surface area contributed by atoms with Crippen LogP contribution in [0.4, 0.5) is 0 Å². The number of aromatic nitrogens is 1. The number of nitrogens with zero attached hydrogens (tertiary/aromatic N) is 1. The van der Waals surface area contributed by atoms with Crippen LogP contribution in [0.25, 0.3) is 0 Å². The van der Waals surface area contributed by atoms with Crippen molar-refractivity contribution < 1.29 is 14.3 Å². The first-order valence-electron chi connectivity index (χ1n) is 6.12. The Kier molecular flexibility index (Phi) is 4.52. The lowest BCUT2D eigenvalue weighted by molar-refractivity contribution is -0.148. The number of methoxy groups -OCH3 is 1. The van der Waals surface area contributed by atoms with Crippen LogP contribution in [0.1, 0.15) is 6.42 Å². The van der Waals surface area contributed by atoms with Crippen molar-refractivity contribution in [3.05, 3.63) is 24.5 Å². The Morgan fingerprint density at radius 2 is 2.56 bits per heavy atom. The molecular weight excluding hydrogens is 232 g/mol. The minimum absolute atomic E-state index is 0.201. The van der Waals surface area contributed by atoms with Crippen molar-refractivity contribution in [3.63, 3.8) is 0 Å². The van der Waals surface area contributed by atoms with Gasteiger partial charge in [0.25, 0.3) is 0 Å². The standard InChI is InChI=1S/C13H18N2O3/c1-17-13(16)12(10-4-6-15-7-10)9-18-11-3-2-5-14-8-11/h2-3,5,8,10,12,15H,4,6-7,9H2,1H3. The van der Waals surface area contributed by atoms with Crippen molar-refractivity contribution >= 4 is 5.97 Å². The van der Waals surface area contributed by atoms with E-state index in [0.717, 1.165) is 19.5 Å². The molecular formula is C13H18N2O3. The number of carbonyl (C=O) groups excluding carboxylic acids is 1. The van der Waals surface area contributed by atoms with E-state index < -0.39 is 0 Å². The highest BCUT2D eigenvalue weighted by Gasteiger charge is 2.32. The van der Waals surface area contributed by atoms with Gasteiger partial charge in [-0.15, -0.1) is 0 Å². The monoisotopic (exact) mass is 250 g/mol. The van der Waals surface area contributed by atoms with Gasteiger partial charge < -0.3 is 14.8 Å². The Hall–Kier alpha value is -1.62. The van der Waals surface area contributed by atoms with Crippen LogP contribution in [0.15, 0.2) is 24.5 Å². The molecule has 0 radical (unpaired) electrons. The Morgan fingerprint density at radius 1 is 1.67 bits per heavy atom. The van der Waals surface area contributed by atoms with E-state index in [1.807, 2.05) is 6.07 Å². The van der Waals surface area contributed by atoms with Crippen molar-refractivity contribution in [3.8, 4) is 5.75 Å². The molecule has 2 rings (SSSR count). The summed E-state index contributed by atoms with van der Waals surface area (Å²) in [5, 5.41) is 3.25. The van der Waals surface area contributed by atoms with Crippen LogP contribution in [0.3, 0.4) is 0 Å². The molecule has 0 spiro atoms. The maximum absolute atomic E-state index is 11.8. The van der Waals surface area contributed by atoms with Crippen LogP contribution in [0.2, 0.25) is 0 Å². The summed E-state index contributed by atoms with van der Waals surface area (Å²) in [5.41, 5.74) is 0. The van der Waals surface area contributed by atoms with Gasteiger partial charge >= 0.3 is 5.97 Å². The number of hydrogen-bond donors (Lipinski definition) is 1. The summed E-state index contributed by atoms with van der Waals surface area (Å²) < 4.78 is 10.5. The van der Waals surface area contributed by atoms with Crippen LogP contribution >= 0.6 is 0 Å². The SMILES string of the molecule is COC(=O)C(COc1cccnc1)C1CCNC1. The highest BCUT2D eigenvalue weighted by molar-refractivity contribution is 5.73. The van der Waals surface area contributed by atoms with Crippen LogP contribution < -0.4 is 10.1 Å². The lowest BCUT2D eigenvalue weighted by Crippen LogP contribution is -2.31. The molecule has 0 bridgehead atoms. The fourth-order valence-electron chi connectivity index (χ4n) is 2.19. The quantitative estimate of drug-likeness (QED) is 0.785. The minimum Gasteiger partial charge on any atom is -0.491 e. The fraction of sp³-hybridized carbons (Fsp3) is 0.538. The Morgan fingerprint density at radius 3 is 3.17 bits per heavy atom. The average molecular weight is 250 g/mol.